The van der Waals surface area contributed by atoms with Crippen LogP contribution < -0.4 is 9.47 Å². The lowest BCUT2D eigenvalue weighted by atomic mass is 9.94. The maximum absolute atomic E-state index is 13.0. The number of aliphatic hydroxyl groups is 1. The molecule has 6 nitrogen and oxygen atoms in total. The lowest BCUT2D eigenvalue weighted by Gasteiger charge is -2.26. The zero-order valence-corrected chi connectivity index (χ0v) is 17.9. The third kappa shape index (κ3) is 3.87. The molecule has 1 heterocycles. The van der Waals surface area contributed by atoms with E-state index in [2.05, 4.69) is 0 Å². The molecule has 2 aromatic carbocycles. The highest BCUT2D eigenvalue weighted by molar-refractivity contribution is 6.47. The number of amides is 1. The molecule has 1 atom stereocenters. The van der Waals surface area contributed by atoms with Crippen LogP contribution in [0.3, 0.4) is 0 Å². The Morgan fingerprint density at radius 2 is 1.90 bits per heavy atom. The average Bonchev–Trinajstić information content (AvgIpc) is 3.00. The molecule has 0 saturated carbocycles. The zero-order chi connectivity index (χ0) is 21.8. The molecule has 1 saturated heterocycles. The first kappa shape index (κ1) is 21.7. The van der Waals surface area contributed by atoms with Crippen LogP contribution in [0.5, 0.6) is 11.5 Å². The van der Waals surface area contributed by atoms with Crippen molar-refractivity contribution in [2.24, 2.45) is 0 Å². The number of ether oxygens (including phenoxy) is 2. The molecule has 0 bridgehead atoms. The van der Waals surface area contributed by atoms with E-state index in [-0.39, 0.29) is 21.9 Å². The van der Waals surface area contributed by atoms with Gasteiger partial charge in [-0.25, -0.2) is 0 Å². The van der Waals surface area contributed by atoms with Crippen molar-refractivity contribution in [3.8, 4) is 11.5 Å². The molecule has 7 heteroatoms. The van der Waals surface area contributed by atoms with Gasteiger partial charge in [-0.1, -0.05) is 36.7 Å². The molecule has 1 aliphatic rings. The zero-order valence-electron chi connectivity index (χ0n) is 17.1. The second-order valence-electron chi connectivity index (χ2n) is 6.81. The van der Waals surface area contributed by atoms with E-state index in [0.29, 0.717) is 36.6 Å². The molecule has 1 amide bonds. The predicted octanol–water partition coefficient (Wildman–Crippen LogP) is 4.58. The highest BCUT2D eigenvalue weighted by Crippen LogP contribution is 2.43. The van der Waals surface area contributed by atoms with Gasteiger partial charge in [0.1, 0.15) is 17.3 Å². The molecule has 0 aliphatic carbocycles. The third-order valence-corrected chi connectivity index (χ3v) is 5.27. The van der Waals surface area contributed by atoms with Crippen molar-refractivity contribution >= 4 is 29.1 Å². The minimum atomic E-state index is -0.784. The van der Waals surface area contributed by atoms with Gasteiger partial charge >= 0.3 is 0 Å². The number of likely N-dealkylation sites (tertiary alicyclic amines) is 1. The minimum Gasteiger partial charge on any atom is -0.507 e. The number of aliphatic hydroxyl groups excluding tert-OH is 1. The molecule has 2 aromatic rings. The van der Waals surface area contributed by atoms with E-state index in [0.717, 1.165) is 0 Å². The van der Waals surface area contributed by atoms with Gasteiger partial charge in [-0.2, -0.15) is 0 Å². The summed E-state index contributed by atoms with van der Waals surface area (Å²) in [6.07, 6.45) is 0.652. The number of hydrogen-bond donors (Lipinski definition) is 1. The topological polar surface area (TPSA) is 76.1 Å². The number of carbonyl (C=O) groups is 2. The van der Waals surface area contributed by atoms with E-state index in [1.165, 1.54) is 12.0 Å². The van der Waals surface area contributed by atoms with Gasteiger partial charge in [0, 0.05) is 17.7 Å². The van der Waals surface area contributed by atoms with Crippen molar-refractivity contribution in [1.82, 2.24) is 4.90 Å². The maximum Gasteiger partial charge on any atom is 0.295 e. The number of Topliss-reactive ketones (excluding diaryl/α,β-unsaturated/α-hetero) is 1. The third-order valence-electron chi connectivity index (χ3n) is 4.94. The van der Waals surface area contributed by atoms with Crippen LogP contribution in [0, 0.1) is 0 Å². The van der Waals surface area contributed by atoms with Crippen molar-refractivity contribution in [3.63, 3.8) is 0 Å². The Morgan fingerprint density at radius 1 is 1.17 bits per heavy atom. The molecule has 1 N–H and O–H groups in total. The van der Waals surface area contributed by atoms with E-state index in [1.54, 1.807) is 42.5 Å². The molecule has 1 fully saturated rings. The summed E-state index contributed by atoms with van der Waals surface area (Å²) in [6, 6.07) is 11.2. The summed E-state index contributed by atoms with van der Waals surface area (Å²) < 4.78 is 11.0. The van der Waals surface area contributed by atoms with Crippen LogP contribution in [-0.4, -0.2) is 42.0 Å². The summed E-state index contributed by atoms with van der Waals surface area (Å²) in [5.41, 5.74) is 0.830. The molecule has 158 valence electrons. The number of methoxy groups -OCH3 is 1. The summed E-state index contributed by atoms with van der Waals surface area (Å²) in [4.78, 5) is 27.3. The Labute approximate surface area is 180 Å². The molecule has 1 aliphatic heterocycles. The number of nitrogens with zero attached hydrogens (tertiary/aromatic N) is 1. The number of carbonyl (C=O) groups excluding carboxylic acids is 2. The predicted molar refractivity (Wildman–Crippen MR) is 115 cm³/mol. The smallest absolute Gasteiger partial charge is 0.295 e. The summed E-state index contributed by atoms with van der Waals surface area (Å²) in [5.74, 6) is -0.735. The largest absolute Gasteiger partial charge is 0.507 e. The Balaban J connectivity index is 2.25. The van der Waals surface area contributed by atoms with E-state index in [1.807, 2.05) is 13.8 Å². The molecular weight excluding hydrogens is 406 g/mol. The molecule has 30 heavy (non-hydrogen) atoms. The monoisotopic (exact) mass is 429 g/mol. The van der Waals surface area contributed by atoms with Gasteiger partial charge in [-0.15, -0.1) is 0 Å². The minimum absolute atomic E-state index is 0.0199. The number of benzene rings is 2. The molecular formula is C23H24ClNO5. The summed E-state index contributed by atoms with van der Waals surface area (Å²) in [7, 11) is 1.52. The van der Waals surface area contributed by atoms with Crippen LogP contribution in [-0.2, 0) is 9.59 Å². The quantitative estimate of drug-likeness (QED) is 0.396. The maximum atomic E-state index is 13.0. The fraction of sp³-hybridized carbons (Fsp3) is 0.304. The average molecular weight is 430 g/mol. The number of halogens is 1. The Hall–Kier alpha value is -2.99. The molecule has 3 rings (SSSR count). The van der Waals surface area contributed by atoms with Crippen molar-refractivity contribution in [2.75, 3.05) is 20.3 Å². The lowest BCUT2D eigenvalue weighted by Crippen LogP contribution is -2.30. The van der Waals surface area contributed by atoms with Crippen LogP contribution in [0.4, 0.5) is 0 Å². The van der Waals surface area contributed by atoms with Crippen LogP contribution in [0.2, 0.25) is 5.02 Å². The second-order valence-corrected chi connectivity index (χ2v) is 7.22. The SMILES string of the molecule is CCCN1C(=O)C(=O)/C(=C(/O)c2cc(OCC)ccc2Cl)C1c1ccccc1OC. The fourth-order valence-corrected chi connectivity index (χ4v) is 3.86. The van der Waals surface area contributed by atoms with E-state index in [9.17, 15) is 14.7 Å². The number of para-hydroxylation sites is 1. The highest BCUT2D eigenvalue weighted by atomic mass is 35.5. The summed E-state index contributed by atoms with van der Waals surface area (Å²) in [5, 5.41) is 11.4. The van der Waals surface area contributed by atoms with E-state index < -0.39 is 17.7 Å². The van der Waals surface area contributed by atoms with Crippen LogP contribution in [0.25, 0.3) is 5.76 Å². The van der Waals surface area contributed by atoms with Gasteiger partial charge in [0.2, 0.25) is 0 Å². The van der Waals surface area contributed by atoms with Crippen molar-refractivity contribution in [1.29, 1.82) is 0 Å². The van der Waals surface area contributed by atoms with Crippen molar-refractivity contribution < 1.29 is 24.2 Å². The van der Waals surface area contributed by atoms with Gasteiger partial charge in [-0.05, 0) is 37.6 Å². The highest BCUT2D eigenvalue weighted by Gasteiger charge is 2.46. The van der Waals surface area contributed by atoms with Crippen LogP contribution in [0.15, 0.2) is 48.0 Å². The molecule has 0 spiro atoms. The van der Waals surface area contributed by atoms with E-state index >= 15 is 0 Å². The van der Waals surface area contributed by atoms with Crippen molar-refractivity contribution in [3.05, 3.63) is 64.2 Å². The van der Waals surface area contributed by atoms with Gasteiger partial charge in [-0.3, -0.25) is 9.59 Å². The Morgan fingerprint density at radius 3 is 2.57 bits per heavy atom. The summed E-state index contributed by atoms with van der Waals surface area (Å²) >= 11 is 6.32. The molecule has 0 radical (unpaired) electrons. The first-order valence-electron chi connectivity index (χ1n) is 9.78. The number of rotatable bonds is 7. The van der Waals surface area contributed by atoms with E-state index in [4.69, 9.17) is 21.1 Å². The van der Waals surface area contributed by atoms with Gasteiger partial charge in [0.25, 0.3) is 11.7 Å². The summed E-state index contributed by atoms with van der Waals surface area (Å²) in [6.45, 7) is 4.55. The Kier molecular flexibility index (Phi) is 6.67. The van der Waals surface area contributed by atoms with Gasteiger partial charge in [0.15, 0.2) is 0 Å². The molecule has 1 unspecified atom stereocenters. The lowest BCUT2D eigenvalue weighted by molar-refractivity contribution is -0.139. The second kappa shape index (κ2) is 9.22. The van der Waals surface area contributed by atoms with Crippen molar-refractivity contribution in [2.45, 2.75) is 26.3 Å². The van der Waals surface area contributed by atoms with Crippen LogP contribution >= 0.6 is 11.6 Å². The fourth-order valence-electron chi connectivity index (χ4n) is 3.65. The molecule has 0 aromatic heterocycles. The first-order chi connectivity index (χ1) is 14.4. The standard InChI is InChI=1S/C23H24ClNO5/c1-4-12-25-20(15-8-6-7-9-18(15)29-3)19(22(27)23(25)28)21(26)16-13-14(30-5-2)10-11-17(16)24/h6-11,13,20,26H,4-5,12H2,1-3H3/b21-19+. The van der Waals surface area contributed by atoms with Crippen LogP contribution in [0.1, 0.15) is 37.4 Å². The van der Waals surface area contributed by atoms with Gasteiger partial charge in [0.05, 0.1) is 30.4 Å². The first-order valence-corrected chi connectivity index (χ1v) is 10.2. The van der Waals surface area contributed by atoms with Gasteiger partial charge < -0.3 is 19.5 Å². The normalized spacial score (nSPS) is 18.0. The Bertz CT molecular complexity index is 1000. The number of hydrogen-bond acceptors (Lipinski definition) is 5. The number of ketones is 1.